The Morgan fingerprint density at radius 1 is 0.744 bits per heavy atom. The molecular weight excluding hydrogens is 525 g/mol. The van der Waals surface area contributed by atoms with Gasteiger partial charge in [0.15, 0.2) is 5.78 Å². The average molecular weight is 556 g/mol. The van der Waals surface area contributed by atoms with Crippen LogP contribution in [0.2, 0.25) is 0 Å². The number of alkyl carbamates (subject to hydrolysis) is 1. The third-order valence-electron chi connectivity index (χ3n) is 5.47. The summed E-state index contributed by atoms with van der Waals surface area (Å²) in [5.74, 6) is -2.40. The van der Waals surface area contributed by atoms with Gasteiger partial charge < -0.3 is 28.6 Å². The molecule has 0 unspecified atom stereocenters. The molecule has 206 valence electrons. The van der Waals surface area contributed by atoms with Crippen molar-refractivity contribution in [3.8, 4) is 11.5 Å². The summed E-state index contributed by atoms with van der Waals surface area (Å²) in [5.41, 5.74) is 1.31. The second-order valence-corrected chi connectivity index (χ2v) is 10.7. The van der Waals surface area contributed by atoms with Gasteiger partial charge in [-0.2, -0.15) is 0 Å². The predicted octanol–water partition coefficient (Wildman–Crippen LogP) is 5.82. The predicted molar refractivity (Wildman–Crippen MR) is 143 cm³/mol. The van der Waals surface area contributed by atoms with E-state index in [1.807, 2.05) is 18.2 Å². The van der Waals surface area contributed by atoms with Crippen molar-refractivity contribution in [1.29, 1.82) is 0 Å². The lowest BCUT2D eigenvalue weighted by molar-refractivity contribution is 0.0592. The van der Waals surface area contributed by atoms with Crippen LogP contribution in [-0.4, -0.2) is 38.0 Å². The molecule has 3 aromatic rings. The molecule has 11 heteroatoms. The quantitative estimate of drug-likeness (QED) is 0.177. The van der Waals surface area contributed by atoms with Crippen LogP contribution in [0.25, 0.3) is 0 Å². The van der Waals surface area contributed by atoms with Crippen molar-refractivity contribution in [2.24, 2.45) is 5.92 Å². The molecule has 1 amide bonds. The van der Waals surface area contributed by atoms with E-state index in [-0.39, 0.29) is 29.2 Å². The first-order chi connectivity index (χ1) is 18.6. The minimum atomic E-state index is -4.21. The van der Waals surface area contributed by atoms with Gasteiger partial charge in [-0.15, -0.1) is 0 Å². The van der Waals surface area contributed by atoms with Crippen molar-refractivity contribution in [1.82, 2.24) is 5.32 Å². The van der Waals surface area contributed by atoms with Gasteiger partial charge in [-0.25, -0.2) is 18.9 Å². The van der Waals surface area contributed by atoms with E-state index in [4.69, 9.17) is 23.3 Å². The zero-order chi connectivity index (χ0) is 28.4. The Morgan fingerprint density at radius 3 is 1.62 bits per heavy atom. The molecule has 0 radical (unpaired) electrons. The Labute approximate surface area is 226 Å². The molecule has 0 aromatic heterocycles. The Morgan fingerprint density at radius 2 is 1.21 bits per heavy atom. The molecule has 39 heavy (non-hydrogen) atoms. The van der Waals surface area contributed by atoms with Gasteiger partial charge in [-0.1, -0.05) is 44.2 Å². The molecule has 0 fully saturated rings. The van der Waals surface area contributed by atoms with E-state index in [9.17, 15) is 18.9 Å². The number of nitrogens with one attached hydrogen (secondary N) is 1. The molecule has 3 aromatic carbocycles. The van der Waals surface area contributed by atoms with Crippen molar-refractivity contribution in [2.75, 3.05) is 14.2 Å². The number of carbonyl (C=O) groups excluding carboxylic acids is 3. The van der Waals surface area contributed by atoms with Crippen LogP contribution < -0.4 is 14.4 Å². The third kappa shape index (κ3) is 8.09. The molecule has 0 saturated carbocycles. The fourth-order valence-corrected chi connectivity index (χ4v) is 5.55. The minimum Gasteiger partial charge on any atom is -0.465 e. The van der Waals surface area contributed by atoms with E-state index >= 15 is 0 Å². The standard InChI is InChI=1S/C28H30NO9P/c1-19(2)25(29-28(32)36-18-20-8-6-5-7-9-20)39(33,37-23-14-10-21(11-15-23)26(30)34-3)38-24-16-12-22(13-17-24)27(31)35-4/h5-17,19,25H,18H2,1-4H3,(H,29,32)/t25-/m0/s1. The van der Waals surface area contributed by atoms with Gasteiger partial charge in [-0.3, -0.25) is 0 Å². The maximum Gasteiger partial charge on any atom is 0.453 e. The first-order valence-corrected chi connectivity index (χ1v) is 13.6. The summed E-state index contributed by atoms with van der Waals surface area (Å²) in [4.78, 5) is 36.3. The number of esters is 2. The van der Waals surface area contributed by atoms with E-state index in [0.29, 0.717) is 0 Å². The largest absolute Gasteiger partial charge is 0.465 e. The first-order valence-electron chi connectivity index (χ1n) is 12.0. The van der Waals surface area contributed by atoms with Crippen molar-refractivity contribution in [3.05, 3.63) is 95.6 Å². The van der Waals surface area contributed by atoms with Crippen LogP contribution in [0.3, 0.4) is 0 Å². The monoisotopic (exact) mass is 555 g/mol. The second kappa shape index (κ2) is 13.5. The molecule has 10 nitrogen and oxygen atoms in total. The number of amides is 1. The SMILES string of the molecule is COC(=O)c1ccc(OP(=O)(Oc2ccc(C(=O)OC)cc2)[C@H](NC(=O)OCc2ccccc2)C(C)C)cc1. The lowest BCUT2D eigenvalue weighted by Crippen LogP contribution is -2.41. The van der Waals surface area contributed by atoms with Gasteiger partial charge in [0.1, 0.15) is 18.1 Å². The summed E-state index contributed by atoms with van der Waals surface area (Å²) in [6.07, 6.45) is -0.813. The maximum atomic E-state index is 14.4. The van der Waals surface area contributed by atoms with Crippen LogP contribution in [-0.2, 0) is 25.4 Å². The molecule has 0 aliphatic carbocycles. The fourth-order valence-electron chi connectivity index (χ4n) is 3.46. The zero-order valence-corrected chi connectivity index (χ0v) is 22.9. The lowest BCUT2D eigenvalue weighted by atomic mass is 10.2. The maximum absolute atomic E-state index is 14.4. The van der Waals surface area contributed by atoms with Gasteiger partial charge in [0.05, 0.1) is 25.3 Å². The highest BCUT2D eigenvalue weighted by Gasteiger charge is 2.43. The topological polar surface area (TPSA) is 126 Å². The van der Waals surface area contributed by atoms with Crippen molar-refractivity contribution in [3.63, 3.8) is 0 Å². The molecule has 3 rings (SSSR count). The van der Waals surface area contributed by atoms with Gasteiger partial charge >= 0.3 is 25.6 Å². The van der Waals surface area contributed by atoms with E-state index in [2.05, 4.69) is 5.32 Å². The summed E-state index contributed by atoms with van der Waals surface area (Å²) < 4.78 is 40.9. The average Bonchev–Trinajstić information content (AvgIpc) is 2.95. The number of ether oxygens (including phenoxy) is 3. The van der Waals surface area contributed by atoms with Crippen LogP contribution in [0.4, 0.5) is 4.79 Å². The molecule has 1 atom stereocenters. The fraction of sp³-hybridized carbons (Fsp3) is 0.250. The van der Waals surface area contributed by atoms with Crippen LogP contribution >= 0.6 is 7.60 Å². The Balaban J connectivity index is 1.88. The third-order valence-corrected chi connectivity index (χ3v) is 7.80. The van der Waals surface area contributed by atoms with Crippen LogP contribution in [0.1, 0.15) is 40.1 Å². The van der Waals surface area contributed by atoms with Gasteiger partial charge in [0.2, 0.25) is 0 Å². The highest BCUT2D eigenvalue weighted by Crippen LogP contribution is 2.54. The van der Waals surface area contributed by atoms with E-state index in [0.717, 1.165) is 5.56 Å². The van der Waals surface area contributed by atoms with Crippen molar-refractivity contribution < 1.29 is 42.2 Å². The number of hydrogen-bond donors (Lipinski definition) is 1. The minimum absolute atomic E-state index is 0.00743. The van der Waals surface area contributed by atoms with Crippen molar-refractivity contribution >= 4 is 25.6 Å². The number of rotatable bonds is 11. The number of benzene rings is 3. The van der Waals surface area contributed by atoms with Crippen LogP contribution in [0, 0.1) is 5.92 Å². The molecule has 0 spiro atoms. The smallest absolute Gasteiger partial charge is 0.453 e. The summed E-state index contributed by atoms with van der Waals surface area (Å²) in [7, 11) is -1.69. The molecule has 0 aliphatic rings. The first kappa shape index (κ1) is 29.3. The van der Waals surface area contributed by atoms with Crippen LogP contribution in [0.5, 0.6) is 11.5 Å². The molecule has 1 N–H and O–H groups in total. The number of carbonyl (C=O) groups is 3. The zero-order valence-electron chi connectivity index (χ0n) is 22.0. The molecule has 0 heterocycles. The van der Waals surface area contributed by atoms with Gasteiger partial charge in [0.25, 0.3) is 0 Å². The normalized spacial score (nSPS) is 11.7. The van der Waals surface area contributed by atoms with E-state index < -0.39 is 37.3 Å². The summed E-state index contributed by atoms with van der Waals surface area (Å²) >= 11 is 0. The summed E-state index contributed by atoms with van der Waals surface area (Å²) in [6.45, 7) is 3.48. The molecule has 0 saturated heterocycles. The molecule has 0 bridgehead atoms. The lowest BCUT2D eigenvalue weighted by Gasteiger charge is -2.30. The Bertz CT molecular complexity index is 1240. The summed E-state index contributed by atoms with van der Waals surface area (Å²) in [6, 6.07) is 20.6. The Hall–Kier alpha value is -4.30. The van der Waals surface area contributed by atoms with Crippen LogP contribution in [0.15, 0.2) is 78.9 Å². The highest BCUT2D eigenvalue weighted by atomic mass is 31.2. The van der Waals surface area contributed by atoms with Gasteiger partial charge in [-0.05, 0) is 60.0 Å². The Kier molecular flexibility index (Phi) is 10.1. The molecular formula is C28H30NO9P. The summed E-state index contributed by atoms with van der Waals surface area (Å²) in [5, 5.41) is 2.62. The van der Waals surface area contributed by atoms with Crippen molar-refractivity contribution in [2.45, 2.75) is 26.2 Å². The molecule has 0 aliphatic heterocycles. The van der Waals surface area contributed by atoms with E-state index in [1.165, 1.54) is 62.8 Å². The highest BCUT2D eigenvalue weighted by molar-refractivity contribution is 7.55. The number of hydrogen-bond acceptors (Lipinski definition) is 9. The van der Waals surface area contributed by atoms with Gasteiger partial charge in [0, 0.05) is 0 Å². The van der Waals surface area contributed by atoms with E-state index in [1.54, 1.807) is 26.0 Å². The second-order valence-electron chi connectivity index (χ2n) is 8.65. The number of methoxy groups -OCH3 is 2.